The Hall–Kier alpha value is -1.01. The molecule has 1 heterocycles. The van der Waals surface area contributed by atoms with Crippen LogP contribution in [0, 0.1) is 11.7 Å². The summed E-state index contributed by atoms with van der Waals surface area (Å²) >= 11 is 0. The molecule has 0 bridgehead atoms. The number of benzene rings is 1. The molecule has 0 saturated carbocycles. The number of halogens is 1. The van der Waals surface area contributed by atoms with Gasteiger partial charge in [0, 0.05) is 19.6 Å². The fourth-order valence-corrected chi connectivity index (χ4v) is 3.13. The summed E-state index contributed by atoms with van der Waals surface area (Å²) in [6, 6.07) is 6.05. The van der Waals surface area contributed by atoms with Gasteiger partial charge in [-0.05, 0) is 56.6 Å². The lowest BCUT2D eigenvalue weighted by Crippen LogP contribution is -2.39. The fourth-order valence-electron chi connectivity index (χ4n) is 3.13. The van der Waals surface area contributed by atoms with Crippen LogP contribution in [0.2, 0.25) is 0 Å². The Morgan fingerprint density at radius 1 is 1.27 bits per heavy atom. The molecule has 2 rings (SSSR count). The molecule has 124 valence electrons. The lowest BCUT2D eigenvalue weighted by atomic mass is 9.96. The Kier molecular flexibility index (Phi) is 6.76. The maximum absolute atomic E-state index is 12.9. The van der Waals surface area contributed by atoms with Gasteiger partial charge in [0.05, 0.1) is 12.7 Å². The van der Waals surface area contributed by atoms with Crippen LogP contribution in [0.1, 0.15) is 24.5 Å². The van der Waals surface area contributed by atoms with E-state index < -0.39 is 6.10 Å². The lowest BCUT2D eigenvalue weighted by Gasteiger charge is -2.34. The van der Waals surface area contributed by atoms with Crippen LogP contribution in [0.15, 0.2) is 24.3 Å². The van der Waals surface area contributed by atoms with Crippen molar-refractivity contribution in [2.75, 3.05) is 46.4 Å². The smallest absolute Gasteiger partial charge is 0.123 e. The van der Waals surface area contributed by atoms with E-state index in [2.05, 4.69) is 9.80 Å². The molecule has 1 aliphatic rings. The monoisotopic (exact) mass is 310 g/mol. The van der Waals surface area contributed by atoms with E-state index in [0.29, 0.717) is 12.5 Å². The predicted octanol–water partition coefficient (Wildman–Crippen LogP) is 1.50. The normalized spacial score (nSPS) is 18.8. The highest BCUT2D eigenvalue weighted by atomic mass is 19.1. The van der Waals surface area contributed by atoms with Crippen LogP contribution < -0.4 is 0 Å². The van der Waals surface area contributed by atoms with E-state index in [0.717, 1.165) is 44.6 Å². The molecule has 1 aliphatic heterocycles. The Labute approximate surface area is 132 Å². The SMILES string of the molecule is CN(CC1CCN(CCO)CC1)CC(O)c1ccc(F)cc1. The van der Waals surface area contributed by atoms with Gasteiger partial charge >= 0.3 is 0 Å². The van der Waals surface area contributed by atoms with E-state index in [1.807, 2.05) is 7.05 Å². The van der Waals surface area contributed by atoms with Crippen LogP contribution in [0.25, 0.3) is 0 Å². The molecule has 1 aromatic carbocycles. The first kappa shape index (κ1) is 17.3. The molecule has 0 aliphatic carbocycles. The van der Waals surface area contributed by atoms with Crippen molar-refractivity contribution >= 4 is 0 Å². The minimum absolute atomic E-state index is 0.231. The van der Waals surface area contributed by atoms with E-state index in [4.69, 9.17) is 5.11 Å². The van der Waals surface area contributed by atoms with E-state index >= 15 is 0 Å². The van der Waals surface area contributed by atoms with Crippen LogP contribution in [0.4, 0.5) is 4.39 Å². The average Bonchev–Trinajstić information content (AvgIpc) is 2.50. The molecule has 1 saturated heterocycles. The minimum Gasteiger partial charge on any atom is -0.395 e. The maximum atomic E-state index is 12.9. The quantitative estimate of drug-likeness (QED) is 0.801. The molecule has 0 amide bonds. The standard InChI is InChI=1S/C17H27FN2O2/c1-19(12-14-6-8-20(9-7-14)10-11-21)13-17(22)15-2-4-16(18)5-3-15/h2-5,14,17,21-22H,6-13H2,1H3. The van der Waals surface area contributed by atoms with E-state index in [1.54, 1.807) is 12.1 Å². The summed E-state index contributed by atoms with van der Waals surface area (Å²) in [5.74, 6) is 0.360. The zero-order chi connectivity index (χ0) is 15.9. The van der Waals surface area contributed by atoms with Gasteiger partial charge in [0.2, 0.25) is 0 Å². The Morgan fingerprint density at radius 3 is 2.50 bits per heavy atom. The van der Waals surface area contributed by atoms with Crippen LogP contribution in [-0.2, 0) is 0 Å². The van der Waals surface area contributed by atoms with Crippen molar-refractivity contribution in [1.29, 1.82) is 0 Å². The van der Waals surface area contributed by atoms with Crippen LogP contribution >= 0.6 is 0 Å². The van der Waals surface area contributed by atoms with Gasteiger partial charge in [0.1, 0.15) is 5.82 Å². The fraction of sp³-hybridized carbons (Fsp3) is 0.647. The van der Waals surface area contributed by atoms with Gasteiger partial charge in [-0.1, -0.05) is 12.1 Å². The number of rotatable bonds is 7. The number of nitrogens with zero attached hydrogens (tertiary/aromatic N) is 2. The van der Waals surface area contributed by atoms with Crippen molar-refractivity contribution < 1.29 is 14.6 Å². The third kappa shape index (κ3) is 5.32. The van der Waals surface area contributed by atoms with Crippen molar-refractivity contribution in [1.82, 2.24) is 9.80 Å². The largest absolute Gasteiger partial charge is 0.395 e. The topological polar surface area (TPSA) is 46.9 Å². The predicted molar refractivity (Wildman–Crippen MR) is 85.1 cm³/mol. The number of β-amino-alcohol motifs (C(OH)–C–C–N with tert-alkyl or cyclic N) is 1. The second kappa shape index (κ2) is 8.58. The molecule has 0 radical (unpaired) electrons. The van der Waals surface area contributed by atoms with Crippen molar-refractivity contribution in [3.8, 4) is 0 Å². The van der Waals surface area contributed by atoms with Crippen molar-refractivity contribution in [3.05, 3.63) is 35.6 Å². The minimum atomic E-state index is -0.583. The summed E-state index contributed by atoms with van der Waals surface area (Å²) in [5, 5.41) is 19.2. The molecular formula is C17H27FN2O2. The Morgan fingerprint density at radius 2 is 1.91 bits per heavy atom. The first-order chi connectivity index (χ1) is 10.6. The molecule has 1 unspecified atom stereocenters. The summed E-state index contributed by atoms with van der Waals surface area (Å²) in [5.41, 5.74) is 0.756. The van der Waals surface area contributed by atoms with Crippen LogP contribution in [0.3, 0.4) is 0 Å². The summed E-state index contributed by atoms with van der Waals surface area (Å²) in [4.78, 5) is 4.45. The molecule has 1 fully saturated rings. The van der Waals surface area contributed by atoms with Gasteiger partial charge in [-0.15, -0.1) is 0 Å². The van der Waals surface area contributed by atoms with Gasteiger partial charge in [-0.2, -0.15) is 0 Å². The van der Waals surface area contributed by atoms with Crippen molar-refractivity contribution in [3.63, 3.8) is 0 Å². The molecule has 22 heavy (non-hydrogen) atoms. The number of piperidine rings is 1. The summed E-state index contributed by atoms with van der Waals surface area (Å²) in [6.07, 6.45) is 1.69. The summed E-state index contributed by atoms with van der Waals surface area (Å²) < 4.78 is 12.9. The molecule has 5 heteroatoms. The Balaban J connectivity index is 1.73. The number of aliphatic hydroxyl groups is 2. The van der Waals surface area contributed by atoms with Crippen LogP contribution in [-0.4, -0.2) is 66.4 Å². The molecule has 1 atom stereocenters. The van der Waals surface area contributed by atoms with Gasteiger partial charge in [-0.25, -0.2) is 4.39 Å². The third-order valence-electron chi connectivity index (χ3n) is 4.43. The third-order valence-corrected chi connectivity index (χ3v) is 4.43. The van der Waals surface area contributed by atoms with E-state index in [9.17, 15) is 9.50 Å². The maximum Gasteiger partial charge on any atom is 0.123 e. The number of aliphatic hydroxyl groups excluding tert-OH is 2. The number of hydrogen-bond donors (Lipinski definition) is 2. The van der Waals surface area contributed by atoms with Gasteiger partial charge < -0.3 is 20.0 Å². The lowest BCUT2D eigenvalue weighted by molar-refractivity contribution is 0.0968. The number of likely N-dealkylation sites (N-methyl/N-ethyl adjacent to an activating group) is 1. The van der Waals surface area contributed by atoms with E-state index in [-0.39, 0.29) is 12.4 Å². The van der Waals surface area contributed by atoms with Crippen LogP contribution in [0.5, 0.6) is 0 Å². The molecule has 2 N–H and O–H groups in total. The highest BCUT2D eigenvalue weighted by Gasteiger charge is 2.21. The zero-order valence-electron chi connectivity index (χ0n) is 13.3. The second-order valence-corrected chi connectivity index (χ2v) is 6.30. The van der Waals surface area contributed by atoms with Crippen molar-refractivity contribution in [2.24, 2.45) is 5.92 Å². The number of likely N-dealkylation sites (tertiary alicyclic amines) is 1. The second-order valence-electron chi connectivity index (χ2n) is 6.30. The first-order valence-corrected chi connectivity index (χ1v) is 8.03. The summed E-state index contributed by atoms with van der Waals surface area (Å²) in [6.45, 7) is 4.60. The molecule has 4 nitrogen and oxygen atoms in total. The van der Waals surface area contributed by atoms with Gasteiger partial charge in [0.25, 0.3) is 0 Å². The molecular weight excluding hydrogens is 283 g/mol. The van der Waals surface area contributed by atoms with Gasteiger partial charge in [0.15, 0.2) is 0 Å². The highest BCUT2D eigenvalue weighted by Crippen LogP contribution is 2.20. The number of hydrogen-bond acceptors (Lipinski definition) is 4. The van der Waals surface area contributed by atoms with Gasteiger partial charge in [-0.3, -0.25) is 0 Å². The average molecular weight is 310 g/mol. The first-order valence-electron chi connectivity index (χ1n) is 8.03. The van der Waals surface area contributed by atoms with Crippen molar-refractivity contribution in [2.45, 2.75) is 18.9 Å². The molecule has 1 aromatic rings. The van der Waals surface area contributed by atoms with E-state index in [1.165, 1.54) is 12.1 Å². The Bertz CT molecular complexity index is 433. The highest BCUT2D eigenvalue weighted by molar-refractivity contribution is 5.18. The molecule has 0 spiro atoms. The zero-order valence-corrected chi connectivity index (χ0v) is 13.3. The summed E-state index contributed by atoms with van der Waals surface area (Å²) in [7, 11) is 2.02. The molecule has 0 aromatic heterocycles.